The van der Waals surface area contributed by atoms with Crippen molar-refractivity contribution >= 4 is 39.0 Å². The van der Waals surface area contributed by atoms with E-state index in [0.717, 1.165) is 44.6 Å². The van der Waals surface area contributed by atoms with Crippen LogP contribution in [0.1, 0.15) is 36.1 Å². The van der Waals surface area contributed by atoms with Gasteiger partial charge in [0.25, 0.3) is 0 Å². The Morgan fingerprint density at radius 3 is 1.85 bits per heavy atom. The summed E-state index contributed by atoms with van der Waals surface area (Å²) in [6.07, 6.45) is 0. The van der Waals surface area contributed by atoms with Crippen LogP contribution in [0, 0.1) is 13.8 Å². The monoisotopic (exact) mass is 707 g/mol. The summed E-state index contributed by atoms with van der Waals surface area (Å²) in [6, 6.07) is 63.9. The van der Waals surface area contributed by atoms with Crippen LogP contribution in [0.25, 0.3) is 66.4 Å². The molecule has 2 nitrogen and oxygen atoms in total. The first-order chi connectivity index (χ1) is 26.9. The van der Waals surface area contributed by atoms with Crippen molar-refractivity contribution in [2.45, 2.75) is 33.1 Å². The lowest BCUT2D eigenvalue weighted by atomic mass is 9.82. The summed E-state index contributed by atoms with van der Waals surface area (Å²) >= 11 is 0. The number of furan rings is 1. The van der Waals surface area contributed by atoms with Gasteiger partial charge in [-0.25, -0.2) is 0 Å². The van der Waals surface area contributed by atoms with Gasteiger partial charge in [0.2, 0.25) is 0 Å². The molecular weight excluding hydrogens is 667 g/mol. The Hall–Kier alpha value is -6.64. The zero-order valence-corrected chi connectivity index (χ0v) is 31.6. The number of para-hydroxylation sites is 1. The van der Waals surface area contributed by atoms with E-state index in [1.165, 1.54) is 61.2 Å². The van der Waals surface area contributed by atoms with Crippen LogP contribution in [-0.4, -0.2) is 0 Å². The Morgan fingerprint density at radius 2 is 1.04 bits per heavy atom. The van der Waals surface area contributed by atoms with Gasteiger partial charge in [0.1, 0.15) is 11.2 Å². The molecule has 9 aromatic rings. The highest BCUT2D eigenvalue weighted by Gasteiger charge is 2.38. The molecular formula is C53H41NO. The molecule has 0 N–H and O–H groups in total. The minimum absolute atomic E-state index is 0.131. The molecule has 264 valence electrons. The third-order valence-corrected chi connectivity index (χ3v) is 11.8. The lowest BCUT2D eigenvalue weighted by Crippen LogP contribution is -2.16. The fraction of sp³-hybridized carbons (Fsp3) is 0.0943. The van der Waals surface area contributed by atoms with Crippen LogP contribution >= 0.6 is 0 Å². The zero-order chi connectivity index (χ0) is 37.3. The van der Waals surface area contributed by atoms with Crippen LogP contribution < -0.4 is 4.90 Å². The first-order valence-electron chi connectivity index (χ1n) is 19.2. The fourth-order valence-corrected chi connectivity index (χ4v) is 9.03. The molecule has 0 bridgehead atoms. The third kappa shape index (κ3) is 5.24. The van der Waals surface area contributed by atoms with Crippen molar-refractivity contribution in [1.29, 1.82) is 0 Å². The van der Waals surface area contributed by atoms with Crippen molar-refractivity contribution in [3.63, 3.8) is 0 Å². The van der Waals surface area contributed by atoms with Crippen LogP contribution in [-0.2, 0) is 5.41 Å². The second kappa shape index (κ2) is 12.7. The third-order valence-electron chi connectivity index (χ3n) is 11.8. The summed E-state index contributed by atoms with van der Waals surface area (Å²) in [6.45, 7) is 9.09. The van der Waals surface area contributed by atoms with Gasteiger partial charge in [-0.05, 0) is 106 Å². The van der Waals surface area contributed by atoms with Crippen molar-refractivity contribution in [2.24, 2.45) is 0 Å². The lowest BCUT2D eigenvalue weighted by Gasteiger charge is -2.31. The topological polar surface area (TPSA) is 16.4 Å². The highest BCUT2D eigenvalue weighted by molar-refractivity contribution is 6.15. The molecule has 55 heavy (non-hydrogen) atoms. The summed E-state index contributed by atoms with van der Waals surface area (Å²) in [5.41, 5.74) is 20.0. The lowest BCUT2D eigenvalue weighted by molar-refractivity contribution is 0.660. The molecule has 0 unspecified atom stereocenters. The molecule has 8 aromatic carbocycles. The summed E-state index contributed by atoms with van der Waals surface area (Å²) in [5, 5.41) is 2.19. The maximum absolute atomic E-state index is 6.79. The fourth-order valence-electron chi connectivity index (χ4n) is 9.03. The van der Waals surface area contributed by atoms with Crippen molar-refractivity contribution < 1.29 is 4.42 Å². The largest absolute Gasteiger partial charge is 0.456 e. The Labute approximate surface area is 323 Å². The van der Waals surface area contributed by atoms with E-state index >= 15 is 0 Å². The molecule has 0 spiro atoms. The Morgan fingerprint density at radius 1 is 0.418 bits per heavy atom. The molecule has 0 aliphatic heterocycles. The standard InChI is InChI=1S/C53H41NO/c1-34-16-8-9-19-39(34)40-30-28-37(32-35(40)2)38-29-31-43-50(33-38)55-49-27-15-26-48(52(43)49)54(46-24-13-11-20-41(46)36-17-6-5-7-18-36)47-25-14-23-45-51(47)42-21-10-12-22-44(42)53(45,3)4/h5-33H,1-4H3. The second-order valence-electron chi connectivity index (χ2n) is 15.4. The molecule has 0 saturated heterocycles. The SMILES string of the molecule is Cc1ccccc1-c1ccc(-c2ccc3c(c2)oc2cccc(N(c4ccccc4-c4ccccc4)c4cccc5c4-c4ccccc4C5(C)C)c23)cc1C. The quantitative estimate of drug-likeness (QED) is 0.171. The molecule has 1 aliphatic carbocycles. The van der Waals surface area contributed by atoms with E-state index in [1.807, 2.05) is 0 Å². The molecule has 0 saturated carbocycles. The highest BCUT2D eigenvalue weighted by atomic mass is 16.3. The average Bonchev–Trinajstić information content (AvgIpc) is 3.71. The van der Waals surface area contributed by atoms with Gasteiger partial charge in [-0.15, -0.1) is 0 Å². The van der Waals surface area contributed by atoms with Crippen molar-refractivity contribution in [2.75, 3.05) is 4.90 Å². The van der Waals surface area contributed by atoms with Gasteiger partial charge in [-0.2, -0.15) is 0 Å². The maximum Gasteiger partial charge on any atom is 0.137 e. The molecule has 10 rings (SSSR count). The first-order valence-corrected chi connectivity index (χ1v) is 19.2. The molecule has 1 aromatic heterocycles. The predicted octanol–water partition coefficient (Wildman–Crippen LogP) is 15.0. The van der Waals surface area contributed by atoms with Gasteiger partial charge in [0.15, 0.2) is 0 Å². The van der Waals surface area contributed by atoms with Gasteiger partial charge in [0.05, 0.1) is 22.4 Å². The Kier molecular flexibility index (Phi) is 7.64. The van der Waals surface area contributed by atoms with Gasteiger partial charge >= 0.3 is 0 Å². The predicted molar refractivity (Wildman–Crippen MR) is 232 cm³/mol. The van der Waals surface area contributed by atoms with Gasteiger partial charge in [0, 0.05) is 21.9 Å². The Bertz CT molecular complexity index is 2930. The minimum atomic E-state index is -0.131. The minimum Gasteiger partial charge on any atom is -0.456 e. The van der Waals surface area contributed by atoms with Crippen molar-refractivity contribution in [3.8, 4) is 44.5 Å². The number of hydrogen-bond acceptors (Lipinski definition) is 2. The number of rotatable bonds is 6. The van der Waals surface area contributed by atoms with Gasteiger partial charge in [-0.1, -0.05) is 153 Å². The van der Waals surface area contributed by atoms with E-state index in [9.17, 15) is 0 Å². The second-order valence-corrected chi connectivity index (χ2v) is 15.4. The van der Waals surface area contributed by atoms with Crippen LogP contribution in [0.5, 0.6) is 0 Å². The van der Waals surface area contributed by atoms with E-state index < -0.39 is 0 Å². The zero-order valence-electron chi connectivity index (χ0n) is 31.6. The molecule has 0 fully saturated rings. The number of hydrogen-bond donors (Lipinski definition) is 0. The molecule has 0 atom stereocenters. The van der Waals surface area contributed by atoms with E-state index in [0.29, 0.717) is 0 Å². The summed E-state index contributed by atoms with van der Waals surface area (Å²) < 4.78 is 6.79. The smallest absolute Gasteiger partial charge is 0.137 e. The molecule has 1 aliphatic rings. The van der Waals surface area contributed by atoms with E-state index in [-0.39, 0.29) is 5.41 Å². The van der Waals surface area contributed by atoms with E-state index in [2.05, 4.69) is 209 Å². The van der Waals surface area contributed by atoms with Crippen LogP contribution in [0.3, 0.4) is 0 Å². The number of benzene rings is 8. The number of anilines is 3. The normalized spacial score (nSPS) is 12.9. The average molecular weight is 708 g/mol. The molecule has 0 radical (unpaired) electrons. The van der Waals surface area contributed by atoms with E-state index in [4.69, 9.17) is 4.42 Å². The number of aryl methyl sites for hydroxylation is 2. The maximum atomic E-state index is 6.79. The number of fused-ring (bicyclic) bond motifs is 6. The molecule has 1 heterocycles. The first kappa shape index (κ1) is 33.0. The van der Waals surface area contributed by atoms with Gasteiger partial charge in [-0.3, -0.25) is 0 Å². The van der Waals surface area contributed by atoms with E-state index in [1.54, 1.807) is 0 Å². The highest BCUT2D eigenvalue weighted by Crippen LogP contribution is 2.56. The number of nitrogens with zero attached hydrogens (tertiary/aromatic N) is 1. The summed E-state index contributed by atoms with van der Waals surface area (Å²) in [7, 11) is 0. The Balaban J connectivity index is 1.19. The van der Waals surface area contributed by atoms with Crippen molar-refractivity contribution in [1.82, 2.24) is 0 Å². The molecule has 0 amide bonds. The molecule has 2 heteroatoms. The van der Waals surface area contributed by atoms with Crippen LogP contribution in [0.15, 0.2) is 180 Å². The van der Waals surface area contributed by atoms with Crippen LogP contribution in [0.4, 0.5) is 17.1 Å². The summed E-state index contributed by atoms with van der Waals surface area (Å²) in [4.78, 5) is 2.48. The van der Waals surface area contributed by atoms with Gasteiger partial charge < -0.3 is 9.32 Å². The summed E-state index contributed by atoms with van der Waals surface area (Å²) in [5.74, 6) is 0. The van der Waals surface area contributed by atoms with Crippen LogP contribution in [0.2, 0.25) is 0 Å². The van der Waals surface area contributed by atoms with Crippen molar-refractivity contribution in [3.05, 3.63) is 198 Å².